The van der Waals surface area contributed by atoms with Gasteiger partial charge >= 0.3 is 5.97 Å². The number of hydrogen-bond acceptors (Lipinski definition) is 2. The topological polar surface area (TPSA) is 49.3 Å². The molecule has 3 nitrogen and oxygen atoms in total. The molecule has 19 heavy (non-hydrogen) atoms. The first-order valence-electron chi connectivity index (χ1n) is 5.22. The third-order valence-electron chi connectivity index (χ3n) is 2.38. The Kier molecular flexibility index (Phi) is 3.93. The van der Waals surface area contributed by atoms with Gasteiger partial charge in [0, 0.05) is 15.7 Å². The van der Waals surface area contributed by atoms with Crippen molar-refractivity contribution < 1.29 is 14.3 Å². The Hall–Kier alpha value is -1.78. The van der Waals surface area contributed by atoms with Crippen molar-refractivity contribution in [3.8, 4) is 0 Å². The third-order valence-corrected chi connectivity index (χ3v) is 2.81. The van der Waals surface area contributed by atoms with Crippen molar-refractivity contribution in [2.45, 2.75) is 0 Å². The zero-order valence-corrected chi connectivity index (χ0v) is 11.0. The number of carboxylic acids is 1. The molecular formula is C13H8Cl2FNO2. The highest BCUT2D eigenvalue weighted by Gasteiger charge is 2.14. The van der Waals surface area contributed by atoms with Gasteiger partial charge in [-0.1, -0.05) is 29.3 Å². The Bertz CT molecular complexity index is 626. The molecule has 0 amide bonds. The van der Waals surface area contributed by atoms with Gasteiger partial charge in [-0.15, -0.1) is 0 Å². The van der Waals surface area contributed by atoms with E-state index >= 15 is 0 Å². The van der Waals surface area contributed by atoms with E-state index in [9.17, 15) is 9.18 Å². The molecule has 0 bridgehead atoms. The lowest BCUT2D eigenvalue weighted by molar-refractivity contribution is 0.0697. The van der Waals surface area contributed by atoms with Crippen LogP contribution in [0.25, 0.3) is 0 Å². The minimum Gasteiger partial charge on any atom is -0.478 e. The number of anilines is 2. The minimum absolute atomic E-state index is 0.131. The molecule has 0 heterocycles. The van der Waals surface area contributed by atoms with Gasteiger partial charge in [0.25, 0.3) is 0 Å². The summed E-state index contributed by atoms with van der Waals surface area (Å²) < 4.78 is 13.7. The molecule has 0 saturated carbocycles. The summed E-state index contributed by atoms with van der Waals surface area (Å²) in [6.07, 6.45) is 0. The van der Waals surface area contributed by atoms with Gasteiger partial charge < -0.3 is 10.4 Å². The van der Waals surface area contributed by atoms with Crippen molar-refractivity contribution in [1.29, 1.82) is 0 Å². The van der Waals surface area contributed by atoms with E-state index in [-0.39, 0.29) is 11.3 Å². The fraction of sp³-hybridized carbons (Fsp3) is 0. The summed E-state index contributed by atoms with van der Waals surface area (Å²) >= 11 is 11.6. The first-order chi connectivity index (χ1) is 8.97. The Morgan fingerprint density at radius 3 is 2.37 bits per heavy atom. The molecule has 0 aliphatic rings. The lowest BCUT2D eigenvalue weighted by atomic mass is 10.1. The maximum Gasteiger partial charge on any atom is 0.337 e. The number of halogens is 3. The predicted molar refractivity (Wildman–Crippen MR) is 73.1 cm³/mol. The van der Waals surface area contributed by atoms with Crippen molar-refractivity contribution in [3.05, 3.63) is 57.8 Å². The Balaban J connectivity index is 2.45. The van der Waals surface area contributed by atoms with Gasteiger partial charge in [0.1, 0.15) is 5.82 Å². The van der Waals surface area contributed by atoms with Gasteiger partial charge in [-0.3, -0.25) is 0 Å². The number of hydrogen-bond donors (Lipinski definition) is 2. The molecule has 2 aromatic rings. The summed E-state index contributed by atoms with van der Waals surface area (Å²) in [4.78, 5) is 11.0. The van der Waals surface area contributed by atoms with E-state index in [0.717, 1.165) is 0 Å². The van der Waals surface area contributed by atoms with E-state index < -0.39 is 11.8 Å². The normalized spacial score (nSPS) is 10.3. The maximum atomic E-state index is 13.7. The average Bonchev–Trinajstić information content (AvgIpc) is 2.30. The van der Waals surface area contributed by atoms with Crippen LogP contribution in [-0.2, 0) is 0 Å². The summed E-state index contributed by atoms with van der Waals surface area (Å²) in [5, 5.41) is 12.4. The van der Waals surface area contributed by atoms with Crippen LogP contribution < -0.4 is 5.32 Å². The lowest BCUT2D eigenvalue weighted by Crippen LogP contribution is -2.04. The van der Waals surface area contributed by atoms with Crippen LogP contribution in [0.4, 0.5) is 15.8 Å². The largest absolute Gasteiger partial charge is 0.478 e. The van der Waals surface area contributed by atoms with Crippen LogP contribution >= 0.6 is 23.2 Å². The van der Waals surface area contributed by atoms with Crippen molar-refractivity contribution >= 4 is 40.5 Å². The van der Waals surface area contributed by atoms with Gasteiger partial charge in [-0.2, -0.15) is 0 Å². The molecule has 0 unspecified atom stereocenters. The van der Waals surface area contributed by atoms with Crippen LogP contribution in [0.2, 0.25) is 10.0 Å². The molecule has 0 fully saturated rings. The quantitative estimate of drug-likeness (QED) is 0.872. The van der Waals surface area contributed by atoms with E-state index in [4.69, 9.17) is 28.3 Å². The van der Waals surface area contributed by atoms with Crippen LogP contribution in [0.5, 0.6) is 0 Å². The molecule has 2 N–H and O–H groups in total. The van der Waals surface area contributed by atoms with E-state index in [1.165, 1.54) is 36.4 Å². The fourth-order valence-electron chi connectivity index (χ4n) is 1.60. The standard InChI is InChI=1S/C13H8Cl2FNO2/c14-7-4-8(15)6-9(5-7)17-12-10(13(18)19)2-1-3-11(12)16/h1-6,17H,(H,18,19). The first-order valence-corrected chi connectivity index (χ1v) is 5.98. The van der Waals surface area contributed by atoms with Crippen molar-refractivity contribution in [2.75, 3.05) is 5.32 Å². The monoisotopic (exact) mass is 299 g/mol. The molecule has 0 atom stereocenters. The number of carbonyl (C=O) groups is 1. The van der Waals surface area contributed by atoms with Crippen molar-refractivity contribution in [1.82, 2.24) is 0 Å². The van der Waals surface area contributed by atoms with Gasteiger partial charge in [-0.05, 0) is 30.3 Å². The molecule has 0 saturated heterocycles. The first kappa shape index (κ1) is 13.6. The molecule has 98 valence electrons. The summed E-state index contributed by atoms with van der Waals surface area (Å²) in [5.41, 5.74) is 0.106. The smallest absolute Gasteiger partial charge is 0.337 e. The van der Waals surface area contributed by atoms with Gasteiger partial charge in [-0.25, -0.2) is 9.18 Å². The number of aromatic carboxylic acids is 1. The fourth-order valence-corrected chi connectivity index (χ4v) is 2.13. The van der Waals surface area contributed by atoms with E-state index in [1.54, 1.807) is 0 Å². The molecule has 0 aliphatic heterocycles. The van der Waals surface area contributed by atoms with Crippen LogP contribution in [0, 0.1) is 5.82 Å². The van der Waals surface area contributed by atoms with E-state index in [0.29, 0.717) is 15.7 Å². The maximum absolute atomic E-state index is 13.7. The number of carboxylic acid groups (broad SMARTS) is 1. The molecule has 0 aliphatic carbocycles. The predicted octanol–water partition coefficient (Wildman–Crippen LogP) is 4.57. The van der Waals surface area contributed by atoms with Gasteiger partial charge in [0.05, 0.1) is 11.3 Å². The summed E-state index contributed by atoms with van der Waals surface area (Å²) in [6, 6.07) is 8.36. The molecular weight excluding hydrogens is 292 g/mol. The summed E-state index contributed by atoms with van der Waals surface area (Å²) in [6.45, 7) is 0. The van der Waals surface area contributed by atoms with Crippen LogP contribution in [0.3, 0.4) is 0 Å². The highest BCUT2D eigenvalue weighted by Crippen LogP contribution is 2.28. The summed E-state index contributed by atoms with van der Waals surface area (Å²) in [5.74, 6) is -1.90. The Morgan fingerprint density at radius 1 is 1.16 bits per heavy atom. The van der Waals surface area contributed by atoms with Crippen LogP contribution in [0.15, 0.2) is 36.4 Å². The SMILES string of the molecule is O=C(O)c1cccc(F)c1Nc1cc(Cl)cc(Cl)c1. The zero-order valence-electron chi connectivity index (χ0n) is 9.45. The van der Waals surface area contributed by atoms with E-state index in [1.807, 2.05) is 0 Å². The Labute approximate surface area is 118 Å². The molecule has 0 radical (unpaired) electrons. The summed E-state index contributed by atoms with van der Waals surface area (Å²) in [7, 11) is 0. The number of rotatable bonds is 3. The highest BCUT2D eigenvalue weighted by atomic mass is 35.5. The molecule has 6 heteroatoms. The second-order valence-corrected chi connectivity index (χ2v) is 4.62. The average molecular weight is 300 g/mol. The van der Waals surface area contributed by atoms with Crippen LogP contribution in [-0.4, -0.2) is 11.1 Å². The third kappa shape index (κ3) is 3.16. The van der Waals surface area contributed by atoms with Crippen molar-refractivity contribution in [3.63, 3.8) is 0 Å². The number of para-hydroxylation sites is 1. The lowest BCUT2D eigenvalue weighted by Gasteiger charge is -2.11. The number of nitrogens with one attached hydrogen (secondary N) is 1. The molecule has 0 spiro atoms. The molecule has 2 aromatic carbocycles. The minimum atomic E-state index is -1.23. The zero-order chi connectivity index (χ0) is 14.0. The van der Waals surface area contributed by atoms with Crippen LogP contribution in [0.1, 0.15) is 10.4 Å². The molecule has 2 rings (SSSR count). The van der Waals surface area contributed by atoms with Gasteiger partial charge in [0.15, 0.2) is 0 Å². The van der Waals surface area contributed by atoms with Crippen molar-refractivity contribution in [2.24, 2.45) is 0 Å². The highest BCUT2D eigenvalue weighted by molar-refractivity contribution is 6.35. The van der Waals surface area contributed by atoms with E-state index in [2.05, 4.69) is 5.32 Å². The molecule has 0 aromatic heterocycles. The second-order valence-electron chi connectivity index (χ2n) is 3.75. The second kappa shape index (κ2) is 5.47. The van der Waals surface area contributed by atoms with Gasteiger partial charge in [0.2, 0.25) is 0 Å². The Morgan fingerprint density at radius 2 is 1.79 bits per heavy atom. The number of benzene rings is 2.